The zero-order chi connectivity index (χ0) is 11.3. The maximum absolute atomic E-state index is 11.5. The van der Waals surface area contributed by atoms with Crippen LogP contribution in [0.15, 0.2) is 0 Å². The number of rotatable bonds is 4. The molecule has 1 rings (SSSR count). The van der Waals surface area contributed by atoms with E-state index in [4.69, 9.17) is 4.74 Å². The molecule has 1 fully saturated rings. The van der Waals surface area contributed by atoms with E-state index in [1.807, 2.05) is 14.0 Å². The van der Waals surface area contributed by atoms with E-state index in [9.17, 15) is 4.79 Å². The van der Waals surface area contributed by atoms with Gasteiger partial charge in [-0.25, -0.2) is 0 Å². The highest BCUT2D eigenvalue weighted by molar-refractivity contribution is 5.71. The second-order valence-electron chi connectivity index (χ2n) is 4.32. The fraction of sp³-hybridized carbons (Fsp3) is 0.909. The molecule has 0 unspecified atom stereocenters. The van der Waals surface area contributed by atoms with E-state index in [0.29, 0.717) is 13.0 Å². The van der Waals surface area contributed by atoms with Gasteiger partial charge >= 0.3 is 5.97 Å². The van der Waals surface area contributed by atoms with Crippen LogP contribution < -0.4 is 5.32 Å². The van der Waals surface area contributed by atoms with Gasteiger partial charge in [-0.1, -0.05) is 0 Å². The summed E-state index contributed by atoms with van der Waals surface area (Å²) in [4.78, 5) is 13.8. The maximum atomic E-state index is 11.5. The highest BCUT2D eigenvalue weighted by Crippen LogP contribution is 2.25. The van der Waals surface area contributed by atoms with E-state index in [1.54, 1.807) is 0 Å². The molecule has 0 aromatic carbocycles. The summed E-state index contributed by atoms with van der Waals surface area (Å²) in [6.07, 6.45) is 2.52. The Morgan fingerprint density at radius 3 is 2.53 bits per heavy atom. The molecular formula is C11H22N2O2. The zero-order valence-corrected chi connectivity index (χ0v) is 10.0. The Labute approximate surface area is 92.0 Å². The number of ether oxygens (including phenoxy) is 1. The van der Waals surface area contributed by atoms with Crippen molar-refractivity contribution in [3.8, 4) is 0 Å². The third-order valence-electron chi connectivity index (χ3n) is 3.26. The van der Waals surface area contributed by atoms with Crippen molar-refractivity contribution in [2.24, 2.45) is 0 Å². The van der Waals surface area contributed by atoms with Gasteiger partial charge in [0.1, 0.15) is 0 Å². The fourth-order valence-electron chi connectivity index (χ4n) is 2.05. The standard InChI is InChI=1S/C11H22N2O2/c1-4-15-10(14)9-11(12-2)5-7-13(3)8-6-11/h12H,4-9H2,1-3H3. The number of esters is 1. The number of likely N-dealkylation sites (tertiary alicyclic amines) is 1. The van der Waals surface area contributed by atoms with Crippen LogP contribution in [0.25, 0.3) is 0 Å². The van der Waals surface area contributed by atoms with Gasteiger partial charge in [0.2, 0.25) is 0 Å². The van der Waals surface area contributed by atoms with Crippen molar-refractivity contribution in [1.29, 1.82) is 0 Å². The summed E-state index contributed by atoms with van der Waals surface area (Å²) in [5, 5.41) is 3.30. The summed E-state index contributed by atoms with van der Waals surface area (Å²) in [6.45, 7) is 4.40. The molecule has 0 aromatic rings. The van der Waals surface area contributed by atoms with E-state index < -0.39 is 0 Å². The molecule has 1 heterocycles. The Kier molecular flexibility index (Phi) is 4.54. The van der Waals surface area contributed by atoms with Crippen LogP contribution in [0.1, 0.15) is 26.2 Å². The van der Waals surface area contributed by atoms with Gasteiger partial charge in [0, 0.05) is 5.54 Å². The van der Waals surface area contributed by atoms with Gasteiger partial charge in [0.05, 0.1) is 13.0 Å². The Morgan fingerprint density at radius 1 is 1.47 bits per heavy atom. The molecule has 15 heavy (non-hydrogen) atoms. The van der Waals surface area contributed by atoms with E-state index in [1.165, 1.54) is 0 Å². The van der Waals surface area contributed by atoms with Gasteiger partial charge in [-0.15, -0.1) is 0 Å². The monoisotopic (exact) mass is 214 g/mol. The Balaban J connectivity index is 2.49. The first kappa shape index (κ1) is 12.5. The zero-order valence-electron chi connectivity index (χ0n) is 10.0. The van der Waals surface area contributed by atoms with E-state index >= 15 is 0 Å². The van der Waals surface area contributed by atoms with Gasteiger partial charge in [-0.3, -0.25) is 4.79 Å². The van der Waals surface area contributed by atoms with Crippen LogP contribution in [0.4, 0.5) is 0 Å². The number of nitrogens with one attached hydrogen (secondary N) is 1. The van der Waals surface area contributed by atoms with E-state index in [2.05, 4.69) is 17.3 Å². The molecule has 1 N–H and O–H groups in total. The largest absolute Gasteiger partial charge is 0.466 e. The molecule has 1 aliphatic heterocycles. The molecule has 1 saturated heterocycles. The predicted molar refractivity (Wildman–Crippen MR) is 59.8 cm³/mol. The van der Waals surface area contributed by atoms with E-state index in [0.717, 1.165) is 25.9 Å². The number of carbonyl (C=O) groups excluding carboxylic acids is 1. The average Bonchev–Trinajstić information content (AvgIpc) is 2.22. The minimum atomic E-state index is -0.0867. The SMILES string of the molecule is CCOC(=O)CC1(NC)CCN(C)CC1. The molecule has 4 nitrogen and oxygen atoms in total. The van der Waals surface area contributed by atoms with Crippen molar-refractivity contribution >= 4 is 5.97 Å². The number of hydrogen-bond acceptors (Lipinski definition) is 4. The van der Waals surface area contributed by atoms with Crippen molar-refractivity contribution in [2.45, 2.75) is 31.7 Å². The molecule has 0 aliphatic carbocycles. The van der Waals surface area contributed by atoms with Gasteiger partial charge < -0.3 is 15.0 Å². The Hall–Kier alpha value is -0.610. The molecule has 0 radical (unpaired) electrons. The summed E-state index contributed by atoms with van der Waals surface area (Å²) in [6, 6.07) is 0. The minimum absolute atomic E-state index is 0.0429. The molecule has 0 amide bonds. The van der Waals surface area contributed by atoms with Gasteiger partial charge in [0.15, 0.2) is 0 Å². The van der Waals surface area contributed by atoms with Crippen LogP contribution in [-0.2, 0) is 9.53 Å². The smallest absolute Gasteiger partial charge is 0.307 e. The van der Waals surface area contributed by atoms with Crippen molar-refractivity contribution in [2.75, 3.05) is 33.8 Å². The quantitative estimate of drug-likeness (QED) is 0.697. The van der Waals surface area contributed by atoms with Crippen LogP contribution in [0, 0.1) is 0 Å². The summed E-state index contributed by atoms with van der Waals surface area (Å²) < 4.78 is 5.01. The third kappa shape index (κ3) is 3.47. The molecule has 4 heteroatoms. The lowest BCUT2D eigenvalue weighted by molar-refractivity contribution is -0.145. The topological polar surface area (TPSA) is 41.6 Å². The van der Waals surface area contributed by atoms with Crippen molar-refractivity contribution in [3.63, 3.8) is 0 Å². The molecule has 0 aromatic heterocycles. The minimum Gasteiger partial charge on any atom is -0.466 e. The second kappa shape index (κ2) is 5.47. The lowest BCUT2D eigenvalue weighted by Crippen LogP contribution is -2.52. The molecule has 0 bridgehead atoms. The lowest BCUT2D eigenvalue weighted by Gasteiger charge is -2.39. The van der Waals surface area contributed by atoms with Crippen molar-refractivity contribution < 1.29 is 9.53 Å². The molecular weight excluding hydrogens is 192 g/mol. The summed E-state index contributed by atoms with van der Waals surface area (Å²) in [5.41, 5.74) is -0.0429. The van der Waals surface area contributed by atoms with E-state index in [-0.39, 0.29) is 11.5 Å². The predicted octanol–water partition coefficient (Wildman–Crippen LogP) is 0.623. The summed E-state index contributed by atoms with van der Waals surface area (Å²) in [7, 11) is 4.05. The van der Waals surface area contributed by atoms with Gasteiger partial charge in [-0.05, 0) is 47.0 Å². The van der Waals surface area contributed by atoms with Crippen molar-refractivity contribution in [3.05, 3.63) is 0 Å². The van der Waals surface area contributed by atoms with Crippen LogP contribution in [0.5, 0.6) is 0 Å². The van der Waals surface area contributed by atoms with Crippen LogP contribution in [0.3, 0.4) is 0 Å². The first-order valence-corrected chi connectivity index (χ1v) is 5.65. The number of hydrogen-bond donors (Lipinski definition) is 1. The number of nitrogens with zero attached hydrogens (tertiary/aromatic N) is 1. The van der Waals surface area contributed by atoms with Crippen molar-refractivity contribution in [1.82, 2.24) is 10.2 Å². The highest BCUT2D eigenvalue weighted by Gasteiger charge is 2.34. The maximum Gasteiger partial charge on any atom is 0.307 e. The Morgan fingerprint density at radius 2 is 2.07 bits per heavy atom. The molecule has 88 valence electrons. The first-order chi connectivity index (χ1) is 7.12. The first-order valence-electron chi connectivity index (χ1n) is 5.65. The van der Waals surface area contributed by atoms with Crippen LogP contribution in [-0.4, -0.2) is 50.2 Å². The summed E-state index contributed by atoms with van der Waals surface area (Å²) >= 11 is 0. The normalized spacial score (nSPS) is 21.3. The molecule has 0 atom stereocenters. The molecule has 0 saturated carbocycles. The lowest BCUT2D eigenvalue weighted by atomic mass is 9.85. The highest BCUT2D eigenvalue weighted by atomic mass is 16.5. The van der Waals surface area contributed by atoms with Gasteiger partial charge in [-0.2, -0.15) is 0 Å². The Bertz CT molecular complexity index is 211. The number of piperidine rings is 1. The van der Waals surface area contributed by atoms with Gasteiger partial charge in [0.25, 0.3) is 0 Å². The van der Waals surface area contributed by atoms with Crippen LogP contribution >= 0.6 is 0 Å². The average molecular weight is 214 g/mol. The molecule has 1 aliphatic rings. The number of carbonyl (C=O) groups is 1. The summed E-state index contributed by atoms with van der Waals surface area (Å²) in [5.74, 6) is -0.0867. The third-order valence-corrected chi connectivity index (χ3v) is 3.26. The fourth-order valence-corrected chi connectivity index (χ4v) is 2.05. The van der Waals surface area contributed by atoms with Crippen LogP contribution in [0.2, 0.25) is 0 Å². The molecule has 0 spiro atoms. The second-order valence-corrected chi connectivity index (χ2v) is 4.32.